The molecule has 0 radical (unpaired) electrons. The van der Waals surface area contributed by atoms with Gasteiger partial charge in [0.1, 0.15) is 0 Å². The summed E-state index contributed by atoms with van der Waals surface area (Å²) in [6, 6.07) is 8.50. The molecule has 0 saturated heterocycles. The maximum atomic E-state index is 3.49. The average molecular weight is 252 g/mol. The van der Waals surface area contributed by atoms with Gasteiger partial charge in [-0.1, -0.05) is 19.1 Å². The van der Waals surface area contributed by atoms with E-state index < -0.39 is 0 Å². The first-order chi connectivity index (χ1) is 8.03. The van der Waals surface area contributed by atoms with E-state index in [1.54, 1.807) is 0 Å². The van der Waals surface area contributed by atoms with Gasteiger partial charge in [0.05, 0.1) is 0 Å². The van der Waals surface area contributed by atoms with Crippen LogP contribution >= 0.6 is 11.8 Å². The first-order valence-corrected chi connectivity index (χ1v) is 7.22. The minimum atomic E-state index is 0.194. The van der Waals surface area contributed by atoms with E-state index in [9.17, 15) is 0 Å². The summed E-state index contributed by atoms with van der Waals surface area (Å²) in [6.07, 6.45) is 0. The van der Waals surface area contributed by atoms with Crippen LogP contribution in [0.4, 0.5) is 5.69 Å². The van der Waals surface area contributed by atoms with Crippen molar-refractivity contribution >= 4 is 17.4 Å². The van der Waals surface area contributed by atoms with Crippen molar-refractivity contribution in [3.05, 3.63) is 24.3 Å². The van der Waals surface area contributed by atoms with Crippen molar-refractivity contribution in [1.29, 1.82) is 0 Å². The van der Waals surface area contributed by atoms with E-state index in [-0.39, 0.29) is 5.54 Å². The van der Waals surface area contributed by atoms with Crippen LogP contribution in [-0.4, -0.2) is 24.4 Å². The molecule has 2 N–H and O–H groups in total. The highest BCUT2D eigenvalue weighted by atomic mass is 32.2. The Morgan fingerprint density at radius 1 is 1.12 bits per heavy atom. The molecule has 0 spiro atoms. The van der Waals surface area contributed by atoms with Crippen molar-refractivity contribution in [2.24, 2.45) is 0 Å². The monoisotopic (exact) mass is 252 g/mol. The third kappa shape index (κ3) is 5.99. The second-order valence-corrected chi connectivity index (χ2v) is 6.34. The number of hydrogen-bond acceptors (Lipinski definition) is 3. The van der Waals surface area contributed by atoms with Gasteiger partial charge in [-0.2, -0.15) is 0 Å². The molecule has 0 aliphatic carbocycles. The SMILES string of the molecule is CCSc1ccccc1NCCNC(C)(C)C. The zero-order valence-corrected chi connectivity index (χ0v) is 12.2. The highest BCUT2D eigenvalue weighted by Gasteiger charge is 2.07. The molecule has 0 saturated carbocycles. The van der Waals surface area contributed by atoms with Gasteiger partial charge in [-0.25, -0.2) is 0 Å². The third-order valence-corrected chi connectivity index (χ3v) is 3.24. The average Bonchev–Trinajstić information content (AvgIpc) is 2.25. The van der Waals surface area contributed by atoms with Gasteiger partial charge in [-0.15, -0.1) is 11.8 Å². The van der Waals surface area contributed by atoms with Gasteiger partial charge in [0.25, 0.3) is 0 Å². The largest absolute Gasteiger partial charge is 0.383 e. The Labute approximate surface area is 110 Å². The second-order valence-electron chi connectivity index (χ2n) is 5.03. The maximum absolute atomic E-state index is 3.49. The Morgan fingerprint density at radius 2 is 1.82 bits per heavy atom. The van der Waals surface area contributed by atoms with Crippen molar-refractivity contribution < 1.29 is 0 Å². The van der Waals surface area contributed by atoms with Gasteiger partial charge < -0.3 is 10.6 Å². The van der Waals surface area contributed by atoms with Crippen LogP contribution in [0.15, 0.2) is 29.2 Å². The summed E-state index contributed by atoms with van der Waals surface area (Å²) in [7, 11) is 0. The van der Waals surface area contributed by atoms with Crippen molar-refractivity contribution in [3.63, 3.8) is 0 Å². The van der Waals surface area contributed by atoms with Crippen LogP contribution in [-0.2, 0) is 0 Å². The Hall–Kier alpha value is -0.670. The third-order valence-electron chi connectivity index (χ3n) is 2.28. The van der Waals surface area contributed by atoms with Gasteiger partial charge >= 0.3 is 0 Å². The molecule has 0 heterocycles. The van der Waals surface area contributed by atoms with Gasteiger partial charge in [-0.3, -0.25) is 0 Å². The molecule has 17 heavy (non-hydrogen) atoms. The summed E-state index contributed by atoms with van der Waals surface area (Å²) in [6.45, 7) is 10.7. The van der Waals surface area contributed by atoms with Gasteiger partial charge in [0, 0.05) is 29.2 Å². The predicted octanol–water partition coefficient (Wildman–Crippen LogP) is 3.60. The molecule has 0 unspecified atom stereocenters. The molecule has 0 aliphatic rings. The van der Waals surface area contributed by atoms with Gasteiger partial charge in [0.2, 0.25) is 0 Å². The summed E-state index contributed by atoms with van der Waals surface area (Å²) in [4.78, 5) is 1.34. The van der Waals surface area contributed by atoms with Crippen LogP contribution in [0.5, 0.6) is 0 Å². The highest BCUT2D eigenvalue weighted by molar-refractivity contribution is 7.99. The summed E-state index contributed by atoms with van der Waals surface area (Å²) in [5.41, 5.74) is 1.44. The molecule has 1 aromatic carbocycles. The quantitative estimate of drug-likeness (QED) is 0.597. The van der Waals surface area contributed by atoms with Gasteiger partial charge in [-0.05, 0) is 38.7 Å². The highest BCUT2D eigenvalue weighted by Crippen LogP contribution is 2.26. The van der Waals surface area contributed by atoms with Crippen molar-refractivity contribution in [2.75, 3.05) is 24.2 Å². The molecule has 3 heteroatoms. The zero-order valence-electron chi connectivity index (χ0n) is 11.3. The zero-order chi connectivity index (χ0) is 12.7. The van der Waals surface area contributed by atoms with E-state index in [1.807, 2.05) is 11.8 Å². The molecule has 1 aromatic rings. The minimum Gasteiger partial charge on any atom is -0.383 e. The minimum absolute atomic E-state index is 0.194. The molecule has 2 nitrogen and oxygen atoms in total. The molecule has 0 fully saturated rings. The smallest absolute Gasteiger partial charge is 0.0478 e. The maximum Gasteiger partial charge on any atom is 0.0478 e. The molecule has 0 atom stereocenters. The molecule has 0 aromatic heterocycles. The molecule has 0 amide bonds. The number of para-hydroxylation sites is 1. The Bertz CT molecular complexity index is 331. The fourth-order valence-electron chi connectivity index (χ4n) is 1.53. The molecular formula is C14H24N2S. The number of hydrogen-bond donors (Lipinski definition) is 2. The van der Waals surface area contributed by atoms with Crippen molar-refractivity contribution in [2.45, 2.75) is 38.1 Å². The lowest BCUT2D eigenvalue weighted by Crippen LogP contribution is -2.38. The molecule has 1 rings (SSSR count). The Balaban J connectivity index is 2.41. The van der Waals surface area contributed by atoms with Crippen LogP contribution in [0.2, 0.25) is 0 Å². The van der Waals surface area contributed by atoms with Crippen LogP contribution in [0, 0.1) is 0 Å². The first kappa shape index (κ1) is 14.4. The normalized spacial score (nSPS) is 11.5. The predicted molar refractivity (Wildman–Crippen MR) is 79.1 cm³/mol. The standard InChI is InChI=1S/C14H24N2S/c1-5-17-13-9-7-6-8-12(13)15-10-11-16-14(2,3)4/h6-9,15-16H,5,10-11H2,1-4H3. The lowest BCUT2D eigenvalue weighted by atomic mass is 10.1. The number of thioether (sulfide) groups is 1. The van der Waals surface area contributed by atoms with Gasteiger partial charge in [0.15, 0.2) is 0 Å². The topological polar surface area (TPSA) is 24.1 Å². The fourth-order valence-corrected chi connectivity index (χ4v) is 2.31. The summed E-state index contributed by atoms with van der Waals surface area (Å²) >= 11 is 1.88. The fraction of sp³-hybridized carbons (Fsp3) is 0.571. The van der Waals surface area contributed by atoms with E-state index in [1.165, 1.54) is 10.6 Å². The molecule has 96 valence electrons. The number of benzene rings is 1. The van der Waals surface area contributed by atoms with E-state index in [4.69, 9.17) is 0 Å². The Morgan fingerprint density at radius 3 is 2.47 bits per heavy atom. The number of nitrogens with one attached hydrogen (secondary N) is 2. The van der Waals surface area contributed by atoms with Crippen LogP contribution < -0.4 is 10.6 Å². The lowest BCUT2D eigenvalue weighted by molar-refractivity contribution is 0.435. The lowest BCUT2D eigenvalue weighted by Gasteiger charge is -2.21. The molecular weight excluding hydrogens is 228 g/mol. The van der Waals surface area contributed by atoms with Crippen LogP contribution in [0.25, 0.3) is 0 Å². The van der Waals surface area contributed by atoms with Crippen LogP contribution in [0.3, 0.4) is 0 Å². The van der Waals surface area contributed by atoms with Crippen LogP contribution in [0.1, 0.15) is 27.7 Å². The number of rotatable bonds is 6. The van der Waals surface area contributed by atoms with Crippen molar-refractivity contribution in [1.82, 2.24) is 5.32 Å². The summed E-state index contributed by atoms with van der Waals surface area (Å²) < 4.78 is 0. The Kier molecular flexibility index (Phi) is 5.86. The van der Waals surface area contributed by atoms with E-state index in [0.29, 0.717) is 0 Å². The number of anilines is 1. The van der Waals surface area contributed by atoms with E-state index in [2.05, 4.69) is 62.6 Å². The van der Waals surface area contributed by atoms with E-state index >= 15 is 0 Å². The van der Waals surface area contributed by atoms with E-state index in [0.717, 1.165) is 18.8 Å². The first-order valence-electron chi connectivity index (χ1n) is 6.23. The van der Waals surface area contributed by atoms with Crippen molar-refractivity contribution in [3.8, 4) is 0 Å². The summed E-state index contributed by atoms with van der Waals surface area (Å²) in [5, 5.41) is 6.96. The molecule has 0 aliphatic heterocycles. The summed E-state index contributed by atoms with van der Waals surface area (Å²) in [5.74, 6) is 1.11. The molecule has 0 bridgehead atoms. The second kappa shape index (κ2) is 6.92.